The van der Waals surface area contributed by atoms with Gasteiger partial charge < -0.3 is 4.74 Å². The fourth-order valence-electron chi connectivity index (χ4n) is 2.18. The van der Waals surface area contributed by atoms with Crippen molar-refractivity contribution in [3.05, 3.63) is 58.6 Å². The van der Waals surface area contributed by atoms with Crippen LogP contribution < -0.4 is 4.72 Å². The van der Waals surface area contributed by atoms with Crippen molar-refractivity contribution in [1.29, 1.82) is 0 Å². The lowest BCUT2D eigenvalue weighted by Crippen LogP contribution is -2.26. The molecule has 0 saturated carbocycles. The van der Waals surface area contributed by atoms with E-state index in [-0.39, 0.29) is 24.5 Å². The van der Waals surface area contributed by atoms with Gasteiger partial charge in [-0.25, -0.2) is 18.1 Å². The fraction of sp³-hybridized carbons (Fsp3) is 0.176. The SMILES string of the molecule is O=C(CCNS(=O)(=O)c1ccc(Cl)cc1)OCc1nc2ccccc2s1. The highest BCUT2D eigenvalue weighted by atomic mass is 35.5. The Labute approximate surface area is 159 Å². The number of nitrogens with zero attached hydrogens (tertiary/aromatic N) is 1. The molecule has 3 rings (SSSR count). The summed E-state index contributed by atoms with van der Waals surface area (Å²) in [6.45, 7) is 0.0196. The van der Waals surface area contributed by atoms with Crippen molar-refractivity contribution in [3.63, 3.8) is 0 Å². The number of halogens is 1. The van der Waals surface area contributed by atoms with Crippen LogP contribution in [0.3, 0.4) is 0 Å². The minimum absolute atomic E-state index is 0.0519. The van der Waals surface area contributed by atoms with Crippen molar-refractivity contribution in [2.75, 3.05) is 6.54 Å². The highest BCUT2D eigenvalue weighted by Gasteiger charge is 2.14. The van der Waals surface area contributed by atoms with Gasteiger partial charge in [0.1, 0.15) is 11.6 Å². The van der Waals surface area contributed by atoms with Gasteiger partial charge in [-0.1, -0.05) is 23.7 Å². The van der Waals surface area contributed by atoms with E-state index in [2.05, 4.69) is 9.71 Å². The summed E-state index contributed by atoms with van der Waals surface area (Å²) in [7, 11) is -3.68. The first-order valence-electron chi connectivity index (χ1n) is 7.69. The van der Waals surface area contributed by atoms with Crippen molar-refractivity contribution in [1.82, 2.24) is 9.71 Å². The highest BCUT2D eigenvalue weighted by molar-refractivity contribution is 7.89. The standard InChI is InChI=1S/C17H15ClN2O4S2/c18-12-5-7-13(8-6-12)26(22,23)19-10-9-17(21)24-11-16-20-14-3-1-2-4-15(14)25-16/h1-8,19H,9-11H2. The van der Waals surface area contributed by atoms with Gasteiger partial charge in [0.2, 0.25) is 10.0 Å². The number of benzene rings is 2. The van der Waals surface area contributed by atoms with E-state index >= 15 is 0 Å². The van der Waals surface area contributed by atoms with Gasteiger partial charge in [0.25, 0.3) is 0 Å². The topological polar surface area (TPSA) is 85.4 Å². The Morgan fingerprint density at radius 2 is 1.88 bits per heavy atom. The molecule has 0 spiro atoms. The third-order valence-electron chi connectivity index (χ3n) is 3.44. The maximum Gasteiger partial charge on any atom is 0.307 e. The van der Waals surface area contributed by atoms with Crippen LogP contribution in [0.1, 0.15) is 11.4 Å². The molecule has 0 bridgehead atoms. The summed E-state index contributed by atoms with van der Waals surface area (Å²) in [6.07, 6.45) is -0.0717. The molecule has 1 aromatic heterocycles. The van der Waals surface area contributed by atoms with Crippen LogP contribution in [0.5, 0.6) is 0 Å². The molecule has 0 saturated heterocycles. The maximum atomic E-state index is 12.1. The summed E-state index contributed by atoms with van der Waals surface area (Å²) in [4.78, 5) is 16.3. The summed E-state index contributed by atoms with van der Waals surface area (Å²) in [5, 5.41) is 1.14. The Bertz CT molecular complexity index is 984. The van der Waals surface area contributed by atoms with E-state index in [4.69, 9.17) is 16.3 Å². The summed E-state index contributed by atoms with van der Waals surface area (Å²) >= 11 is 7.19. The molecule has 0 unspecified atom stereocenters. The first-order chi connectivity index (χ1) is 12.4. The van der Waals surface area contributed by atoms with Crippen LogP contribution in [-0.4, -0.2) is 25.9 Å². The molecular formula is C17H15ClN2O4S2. The number of hydrogen-bond acceptors (Lipinski definition) is 6. The lowest BCUT2D eigenvalue weighted by molar-refractivity contribution is -0.144. The van der Waals surface area contributed by atoms with E-state index in [1.54, 1.807) is 0 Å². The van der Waals surface area contributed by atoms with Gasteiger partial charge >= 0.3 is 5.97 Å². The predicted octanol–water partition coefficient (Wildman–Crippen LogP) is 3.36. The normalized spacial score (nSPS) is 11.6. The molecule has 0 amide bonds. The average molecular weight is 411 g/mol. The van der Waals surface area contributed by atoms with Gasteiger partial charge in [0.15, 0.2) is 0 Å². The van der Waals surface area contributed by atoms with Crippen molar-refractivity contribution in [2.45, 2.75) is 17.9 Å². The number of ether oxygens (including phenoxy) is 1. The number of thiazole rings is 1. The number of aromatic nitrogens is 1. The molecule has 0 aliphatic rings. The van der Waals surface area contributed by atoms with Gasteiger partial charge in [0.05, 0.1) is 21.5 Å². The van der Waals surface area contributed by atoms with Crippen molar-refractivity contribution in [2.24, 2.45) is 0 Å². The van der Waals surface area contributed by atoms with E-state index in [1.165, 1.54) is 35.6 Å². The van der Waals surface area contributed by atoms with Crippen LogP contribution in [0.4, 0.5) is 0 Å². The largest absolute Gasteiger partial charge is 0.458 e. The Morgan fingerprint density at radius 1 is 1.15 bits per heavy atom. The Kier molecular flexibility index (Phi) is 5.87. The number of carbonyl (C=O) groups is 1. The minimum Gasteiger partial charge on any atom is -0.458 e. The molecular weight excluding hydrogens is 396 g/mol. The van der Waals surface area contributed by atoms with Crippen LogP contribution in [0.15, 0.2) is 53.4 Å². The second-order valence-corrected chi connectivity index (χ2v) is 8.66. The van der Waals surface area contributed by atoms with Crippen LogP contribution in [0.25, 0.3) is 10.2 Å². The van der Waals surface area contributed by atoms with Gasteiger partial charge in [-0.2, -0.15) is 0 Å². The zero-order chi connectivity index (χ0) is 18.6. The van der Waals surface area contributed by atoms with Crippen molar-refractivity contribution >= 4 is 49.1 Å². The van der Waals surface area contributed by atoms with Gasteiger partial charge in [-0.15, -0.1) is 11.3 Å². The second-order valence-electron chi connectivity index (χ2n) is 5.34. The highest BCUT2D eigenvalue weighted by Crippen LogP contribution is 2.22. The molecule has 9 heteroatoms. The molecule has 0 atom stereocenters. The predicted molar refractivity (Wildman–Crippen MR) is 101 cm³/mol. The molecule has 0 fully saturated rings. The number of fused-ring (bicyclic) bond motifs is 1. The number of rotatable bonds is 7. The molecule has 2 aromatic carbocycles. The second kappa shape index (κ2) is 8.13. The minimum atomic E-state index is -3.68. The Balaban J connectivity index is 1.47. The number of esters is 1. The van der Waals surface area contributed by atoms with E-state index in [9.17, 15) is 13.2 Å². The molecule has 3 aromatic rings. The van der Waals surface area contributed by atoms with E-state index in [0.29, 0.717) is 10.0 Å². The third-order valence-corrected chi connectivity index (χ3v) is 6.18. The molecule has 1 N–H and O–H groups in total. The third kappa shape index (κ3) is 4.79. The van der Waals surface area contributed by atoms with Crippen LogP contribution in [0, 0.1) is 0 Å². The van der Waals surface area contributed by atoms with Gasteiger partial charge in [0, 0.05) is 11.6 Å². The molecule has 0 aliphatic carbocycles. The fourth-order valence-corrected chi connectivity index (χ4v) is 4.22. The number of sulfonamides is 1. The van der Waals surface area contributed by atoms with E-state index < -0.39 is 16.0 Å². The summed E-state index contributed by atoms with van der Waals surface area (Å²) in [5.41, 5.74) is 0.860. The molecule has 1 heterocycles. The van der Waals surface area contributed by atoms with Crippen molar-refractivity contribution < 1.29 is 17.9 Å². The monoisotopic (exact) mass is 410 g/mol. The number of hydrogen-bond donors (Lipinski definition) is 1. The summed E-state index contributed by atoms with van der Waals surface area (Å²) in [6, 6.07) is 13.4. The van der Waals surface area contributed by atoms with E-state index in [0.717, 1.165) is 10.2 Å². The lowest BCUT2D eigenvalue weighted by atomic mass is 10.3. The van der Waals surface area contributed by atoms with Gasteiger partial charge in [-0.05, 0) is 36.4 Å². The first-order valence-corrected chi connectivity index (χ1v) is 10.4. The molecule has 0 aliphatic heterocycles. The van der Waals surface area contributed by atoms with Crippen molar-refractivity contribution in [3.8, 4) is 0 Å². The summed E-state index contributed by atoms with van der Waals surface area (Å²) < 4.78 is 32.7. The average Bonchev–Trinajstić information content (AvgIpc) is 3.03. The van der Waals surface area contributed by atoms with Crippen LogP contribution in [0.2, 0.25) is 5.02 Å². The zero-order valence-corrected chi connectivity index (χ0v) is 15.9. The van der Waals surface area contributed by atoms with Gasteiger partial charge in [-0.3, -0.25) is 4.79 Å². The first kappa shape index (κ1) is 18.8. The Morgan fingerprint density at radius 3 is 2.62 bits per heavy atom. The summed E-state index contributed by atoms with van der Waals surface area (Å²) in [5.74, 6) is -0.497. The molecule has 6 nitrogen and oxygen atoms in total. The Hall–Kier alpha value is -2.00. The van der Waals surface area contributed by atoms with Crippen LogP contribution in [-0.2, 0) is 26.2 Å². The van der Waals surface area contributed by atoms with Crippen LogP contribution >= 0.6 is 22.9 Å². The smallest absolute Gasteiger partial charge is 0.307 e. The number of nitrogens with one attached hydrogen (secondary N) is 1. The quantitative estimate of drug-likeness (QED) is 0.603. The van der Waals surface area contributed by atoms with E-state index in [1.807, 2.05) is 24.3 Å². The molecule has 136 valence electrons. The molecule has 26 heavy (non-hydrogen) atoms. The number of para-hydroxylation sites is 1. The number of carbonyl (C=O) groups excluding carboxylic acids is 1. The molecule has 0 radical (unpaired) electrons. The lowest BCUT2D eigenvalue weighted by Gasteiger charge is -2.07. The zero-order valence-electron chi connectivity index (χ0n) is 13.5. The maximum absolute atomic E-state index is 12.1.